The van der Waals surface area contributed by atoms with Gasteiger partial charge in [-0.3, -0.25) is 0 Å². The smallest absolute Gasteiger partial charge is 0.219 e. The van der Waals surface area contributed by atoms with Crippen LogP contribution in [0.5, 0.6) is 11.6 Å². The van der Waals surface area contributed by atoms with Gasteiger partial charge in [0.05, 0.1) is 4.47 Å². The second-order valence-electron chi connectivity index (χ2n) is 4.74. The zero-order valence-corrected chi connectivity index (χ0v) is 13.2. The van der Waals surface area contributed by atoms with Gasteiger partial charge < -0.3 is 10.1 Å². The molecule has 1 N–H and O–H groups in total. The van der Waals surface area contributed by atoms with E-state index in [-0.39, 0.29) is 0 Å². The number of ether oxygens (including phenoxy) is 1. The number of benzene rings is 2. The maximum Gasteiger partial charge on any atom is 0.219 e. The van der Waals surface area contributed by atoms with Crippen LogP contribution in [0.4, 0.5) is 0 Å². The van der Waals surface area contributed by atoms with Crippen LogP contribution < -0.4 is 10.1 Å². The molecule has 0 saturated heterocycles. The molecule has 0 aliphatic rings. The Morgan fingerprint density at radius 1 is 1.10 bits per heavy atom. The van der Waals surface area contributed by atoms with Crippen LogP contribution in [0.1, 0.15) is 5.56 Å². The lowest BCUT2D eigenvalue weighted by atomic mass is 10.1. The van der Waals surface area contributed by atoms with Gasteiger partial charge >= 0.3 is 0 Å². The molecule has 3 nitrogen and oxygen atoms in total. The van der Waals surface area contributed by atoms with E-state index in [9.17, 15) is 0 Å². The highest BCUT2D eigenvalue weighted by molar-refractivity contribution is 9.10. The minimum Gasteiger partial charge on any atom is -0.438 e. The molecule has 1 aromatic heterocycles. The summed E-state index contributed by atoms with van der Waals surface area (Å²) in [5.41, 5.74) is 1.13. The molecule has 0 amide bonds. The monoisotopic (exact) mass is 342 g/mol. The zero-order valence-electron chi connectivity index (χ0n) is 11.6. The Balaban J connectivity index is 1.89. The van der Waals surface area contributed by atoms with Crippen molar-refractivity contribution in [2.24, 2.45) is 0 Å². The fourth-order valence-corrected chi connectivity index (χ4v) is 2.76. The molecular formula is C17H15BrN2O. The molecule has 0 radical (unpaired) electrons. The van der Waals surface area contributed by atoms with Crippen molar-refractivity contribution in [1.29, 1.82) is 0 Å². The Kier molecular flexibility index (Phi) is 4.18. The van der Waals surface area contributed by atoms with Crippen LogP contribution in [-0.2, 0) is 6.54 Å². The van der Waals surface area contributed by atoms with E-state index in [0.29, 0.717) is 5.88 Å². The highest BCUT2D eigenvalue weighted by Crippen LogP contribution is 2.35. The zero-order chi connectivity index (χ0) is 14.7. The predicted molar refractivity (Wildman–Crippen MR) is 88.7 cm³/mol. The van der Waals surface area contributed by atoms with Gasteiger partial charge in [0, 0.05) is 18.8 Å². The first-order valence-corrected chi connectivity index (χ1v) is 7.52. The van der Waals surface area contributed by atoms with Crippen molar-refractivity contribution in [3.63, 3.8) is 0 Å². The molecule has 4 heteroatoms. The van der Waals surface area contributed by atoms with Crippen molar-refractivity contribution in [3.8, 4) is 11.6 Å². The molecule has 1 heterocycles. The molecule has 3 rings (SSSR count). The van der Waals surface area contributed by atoms with Crippen molar-refractivity contribution >= 4 is 26.7 Å². The number of hydrogen-bond donors (Lipinski definition) is 1. The first-order chi connectivity index (χ1) is 10.3. The molecule has 0 aliphatic carbocycles. The van der Waals surface area contributed by atoms with Crippen molar-refractivity contribution in [2.45, 2.75) is 6.54 Å². The third-order valence-corrected chi connectivity index (χ3v) is 4.04. The Hall–Kier alpha value is -1.91. The number of fused-ring (bicyclic) bond motifs is 1. The average Bonchev–Trinajstić information content (AvgIpc) is 2.52. The molecule has 0 saturated carbocycles. The number of nitrogens with zero attached hydrogens (tertiary/aromatic N) is 1. The lowest BCUT2D eigenvalue weighted by molar-refractivity contribution is 0.460. The molecular weight excluding hydrogens is 328 g/mol. The molecule has 0 fully saturated rings. The van der Waals surface area contributed by atoms with E-state index in [1.165, 1.54) is 5.39 Å². The molecule has 0 atom stereocenters. The summed E-state index contributed by atoms with van der Waals surface area (Å²) in [5.74, 6) is 1.36. The Labute approximate surface area is 132 Å². The van der Waals surface area contributed by atoms with Gasteiger partial charge in [0.15, 0.2) is 0 Å². The second kappa shape index (κ2) is 6.24. The fourth-order valence-electron chi connectivity index (χ4n) is 2.19. The van der Waals surface area contributed by atoms with Crippen LogP contribution in [0.3, 0.4) is 0 Å². The van der Waals surface area contributed by atoms with E-state index >= 15 is 0 Å². The van der Waals surface area contributed by atoms with E-state index in [1.54, 1.807) is 0 Å². The summed E-state index contributed by atoms with van der Waals surface area (Å²) in [6, 6.07) is 16.1. The van der Waals surface area contributed by atoms with Crippen molar-refractivity contribution in [1.82, 2.24) is 10.3 Å². The van der Waals surface area contributed by atoms with E-state index < -0.39 is 0 Å². The summed E-state index contributed by atoms with van der Waals surface area (Å²) in [7, 11) is 1.91. The van der Waals surface area contributed by atoms with Gasteiger partial charge in [-0.2, -0.15) is 0 Å². The lowest BCUT2D eigenvalue weighted by Gasteiger charge is -2.09. The maximum atomic E-state index is 5.87. The SMILES string of the molecule is CNCc1ccc(Oc2ccc3ccccc3c2Br)nc1. The van der Waals surface area contributed by atoms with Gasteiger partial charge in [-0.15, -0.1) is 0 Å². The number of hydrogen-bond acceptors (Lipinski definition) is 3. The summed E-state index contributed by atoms with van der Waals surface area (Å²) in [5, 5.41) is 5.40. The van der Waals surface area contributed by atoms with Crippen LogP contribution in [0.15, 0.2) is 59.2 Å². The minimum atomic E-state index is 0.589. The topological polar surface area (TPSA) is 34.1 Å². The van der Waals surface area contributed by atoms with Gasteiger partial charge in [-0.05, 0) is 45.4 Å². The Morgan fingerprint density at radius 3 is 2.71 bits per heavy atom. The number of pyridine rings is 1. The average molecular weight is 343 g/mol. The summed E-state index contributed by atoms with van der Waals surface area (Å²) in [4.78, 5) is 4.33. The minimum absolute atomic E-state index is 0.589. The van der Waals surface area contributed by atoms with Crippen LogP contribution in [0.25, 0.3) is 10.8 Å². The first-order valence-electron chi connectivity index (χ1n) is 6.72. The predicted octanol–water partition coefficient (Wildman–Crippen LogP) is 4.51. The summed E-state index contributed by atoms with van der Waals surface area (Å²) < 4.78 is 6.82. The van der Waals surface area contributed by atoms with Crippen LogP contribution in [0, 0.1) is 0 Å². The van der Waals surface area contributed by atoms with E-state index in [1.807, 2.05) is 49.6 Å². The van der Waals surface area contributed by atoms with E-state index in [2.05, 4.69) is 38.4 Å². The largest absolute Gasteiger partial charge is 0.438 e. The molecule has 0 bridgehead atoms. The third-order valence-electron chi connectivity index (χ3n) is 3.22. The molecule has 3 aromatic rings. The van der Waals surface area contributed by atoms with E-state index in [4.69, 9.17) is 4.74 Å². The number of rotatable bonds is 4. The van der Waals surface area contributed by atoms with E-state index in [0.717, 1.165) is 27.7 Å². The highest BCUT2D eigenvalue weighted by atomic mass is 79.9. The standard InChI is InChI=1S/C17H15BrN2O/c1-19-10-12-6-9-16(20-11-12)21-15-8-7-13-4-2-3-5-14(13)17(15)18/h2-9,11,19H,10H2,1H3. The number of nitrogens with one attached hydrogen (secondary N) is 1. The Morgan fingerprint density at radius 2 is 1.95 bits per heavy atom. The van der Waals surface area contributed by atoms with Crippen LogP contribution in [-0.4, -0.2) is 12.0 Å². The summed E-state index contributed by atoms with van der Waals surface area (Å²) in [6.07, 6.45) is 1.82. The van der Waals surface area contributed by atoms with Crippen molar-refractivity contribution in [2.75, 3.05) is 7.05 Å². The van der Waals surface area contributed by atoms with Gasteiger partial charge in [-0.1, -0.05) is 36.4 Å². The van der Waals surface area contributed by atoms with Gasteiger partial charge in [0.25, 0.3) is 0 Å². The molecule has 21 heavy (non-hydrogen) atoms. The van der Waals surface area contributed by atoms with Crippen molar-refractivity contribution < 1.29 is 4.74 Å². The molecule has 0 aliphatic heterocycles. The van der Waals surface area contributed by atoms with Crippen LogP contribution in [0.2, 0.25) is 0 Å². The van der Waals surface area contributed by atoms with Gasteiger partial charge in [0.2, 0.25) is 5.88 Å². The summed E-state index contributed by atoms with van der Waals surface area (Å²) in [6.45, 7) is 0.799. The maximum absolute atomic E-state index is 5.87. The molecule has 2 aromatic carbocycles. The number of aromatic nitrogens is 1. The second-order valence-corrected chi connectivity index (χ2v) is 5.53. The quantitative estimate of drug-likeness (QED) is 0.757. The molecule has 0 spiro atoms. The molecule has 106 valence electrons. The van der Waals surface area contributed by atoms with Crippen molar-refractivity contribution in [3.05, 3.63) is 64.8 Å². The fraction of sp³-hybridized carbons (Fsp3) is 0.118. The Bertz CT molecular complexity index is 756. The first kappa shape index (κ1) is 14.0. The summed E-state index contributed by atoms with van der Waals surface area (Å²) >= 11 is 3.62. The molecule has 0 unspecified atom stereocenters. The normalized spacial score (nSPS) is 10.8. The van der Waals surface area contributed by atoms with Gasteiger partial charge in [0.1, 0.15) is 5.75 Å². The van der Waals surface area contributed by atoms with Crippen LogP contribution >= 0.6 is 15.9 Å². The van der Waals surface area contributed by atoms with Gasteiger partial charge in [-0.25, -0.2) is 4.98 Å². The highest BCUT2D eigenvalue weighted by Gasteiger charge is 2.07. The third kappa shape index (κ3) is 3.06. The lowest BCUT2D eigenvalue weighted by Crippen LogP contribution is -2.05. The number of halogens is 1.